The van der Waals surface area contributed by atoms with Crippen molar-refractivity contribution in [2.75, 3.05) is 20.3 Å². The van der Waals surface area contributed by atoms with Crippen LogP contribution >= 0.6 is 0 Å². The van der Waals surface area contributed by atoms with E-state index in [9.17, 15) is 0 Å². The first-order valence-corrected chi connectivity index (χ1v) is 10.7. The van der Waals surface area contributed by atoms with Crippen LogP contribution < -0.4 is 0 Å². The Kier molecular flexibility index (Phi) is 4.93. The summed E-state index contributed by atoms with van der Waals surface area (Å²) in [6.07, 6.45) is 13.1. The summed E-state index contributed by atoms with van der Waals surface area (Å²) in [4.78, 5) is 0. The van der Waals surface area contributed by atoms with Gasteiger partial charge >= 0.3 is 8.56 Å². The molecule has 2 aliphatic heterocycles. The molecule has 22 heavy (non-hydrogen) atoms. The molecule has 0 spiro atoms. The van der Waals surface area contributed by atoms with Crippen molar-refractivity contribution in [2.24, 2.45) is 0 Å². The zero-order chi connectivity index (χ0) is 15.6. The van der Waals surface area contributed by atoms with E-state index in [0.717, 1.165) is 25.9 Å². The predicted octanol–water partition coefficient (Wildman–Crippen LogP) is 4.42. The minimum atomic E-state index is -2.37. The third kappa shape index (κ3) is 3.11. The molecule has 3 nitrogen and oxygen atoms in total. The summed E-state index contributed by atoms with van der Waals surface area (Å²) in [5, 5.41) is 1.39. The molecule has 0 N–H and O–H groups in total. The van der Waals surface area contributed by atoms with E-state index in [0.29, 0.717) is 12.1 Å². The number of fused-ring (bicyclic) bond motifs is 1. The normalized spacial score (nSPS) is 35.0. The summed E-state index contributed by atoms with van der Waals surface area (Å²) in [7, 11) is -0.587. The second-order valence-corrected chi connectivity index (χ2v) is 10.6. The van der Waals surface area contributed by atoms with Crippen LogP contribution in [0.2, 0.25) is 5.54 Å². The van der Waals surface area contributed by atoms with Gasteiger partial charge in [0.15, 0.2) is 0 Å². The van der Waals surface area contributed by atoms with E-state index in [2.05, 4.69) is 26.0 Å². The van der Waals surface area contributed by atoms with Crippen LogP contribution in [0.5, 0.6) is 0 Å². The Morgan fingerprint density at radius 2 is 2.00 bits per heavy atom. The number of allylic oxidation sites excluding steroid dienone is 1. The summed E-state index contributed by atoms with van der Waals surface area (Å²) in [5.74, 6) is 0. The lowest BCUT2D eigenvalue weighted by Gasteiger charge is -2.46. The van der Waals surface area contributed by atoms with E-state index in [4.69, 9.17) is 13.6 Å². The van der Waals surface area contributed by atoms with Crippen molar-refractivity contribution in [3.05, 3.63) is 22.9 Å². The van der Waals surface area contributed by atoms with Crippen LogP contribution in [0.1, 0.15) is 58.8 Å². The Bertz CT molecular complexity index is 463. The maximum atomic E-state index is 6.88. The number of methoxy groups -OCH3 is 1. The van der Waals surface area contributed by atoms with E-state index in [1.54, 1.807) is 7.11 Å². The third-order valence-corrected chi connectivity index (χ3v) is 9.68. The molecule has 2 heterocycles. The van der Waals surface area contributed by atoms with Crippen molar-refractivity contribution in [3.63, 3.8) is 0 Å². The summed E-state index contributed by atoms with van der Waals surface area (Å²) in [6, 6.07) is 0. The van der Waals surface area contributed by atoms with Gasteiger partial charge in [0.05, 0.1) is 12.2 Å². The van der Waals surface area contributed by atoms with Crippen molar-refractivity contribution in [1.29, 1.82) is 0 Å². The van der Waals surface area contributed by atoms with E-state index < -0.39 is 8.56 Å². The lowest BCUT2D eigenvalue weighted by Crippen LogP contribution is -2.56. The molecule has 0 bridgehead atoms. The first-order valence-electron chi connectivity index (χ1n) is 8.80. The molecule has 0 aromatic heterocycles. The lowest BCUT2D eigenvalue weighted by molar-refractivity contribution is 0.0382. The van der Waals surface area contributed by atoms with Crippen LogP contribution in [0.25, 0.3) is 0 Å². The van der Waals surface area contributed by atoms with Gasteiger partial charge in [-0.25, -0.2) is 0 Å². The van der Waals surface area contributed by atoms with Gasteiger partial charge in [-0.1, -0.05) is 25.0 Å². The first-order chi connectivity index (χ1) is 10.6. The van der Waals surface area contributed by atoms with Crippen LogP contribution in [-0.4, -0.2) is 34.5 Å². The quantitative estimate of drug-likeness (QED) is 0.720. The average Bonchev–Trinajstić information content (AvgIpc) is 3.00. The summed E-state index contributed by atoms with van der Waals surface area (Å²) < 4.78 is 18.9. The van der Waals surface area contributed by atoms with Crippen LogP contribution in [0.15, 0.2) is 22.9 Å². The minimum Gasteiger partial charge on any atom is -0.390 e. The van der Waals surface area contributed by atoms with Crippen molar-refractivity contribution in [1.82, 2.24) is 0 Å². The van der Waals surface area contributed by atoms with Crippen molar-refractivity contribution in [2.45, 2.75) is 69.9 Å². The van der Waals surface area contributed by atoms with Crippen molar-refractivity contribution >= 4 is 8.56 Å². The molecule has 124 valence electrons. The molecule has 4 heteroatoms. The fourth-order valence-corrected chi connectivity index (χ4v) is 8.99. The molecule has 1 saturated carbocycles. The maximum absolute atomic E-state index is 6.88. The highest BCUT2D eigenvalue weighted by molar-refractivity contribution is 6.77. The number of rotatable bonds is 3. The molecule has 0 aromatic carbocycles. The van der Waals surface area contributed by atoms with Gasteiger partial charge in [-0.2, -0.15) is 0 Å². The summed E-state index contributed by atoms with van der Waals surface area (Å²) in [6.45, 7) is 5.98. The largest absolute Gasteiger partial charge is 0.390 e. The van der Waals surface area contributed by atoms with Crippen LogP contribution in [0, 0.1) is 0 Å². The molecule has 1 atom stereocenters. The van der Waals surface area contributed by atoms with Crippen molar-refractivity contribution < 1.29 is 13.6 Å². The predicted molar refractivity (Wildman–Crippen MR) is 91.0 cm³/mol. The topological polar surface area (TPSA) is 27.7 Å². The standard InChI is InChI=1S/C18H30O3Si/c1-18(2)12-6-8-15(14-19-3)17-11-7-13-20-22(17,21-18)16-9-4-5-10-16/h8,11,16H,4-7,9-10,12-14H2,1-3H3/b15-8-. The third-order valence-electron chi connectivity index (χ3n) is 5.26. The average molecular weight is 323 g/mol. The zero-order valence-electron chi connectivity index (χ0n) is 14.3. The second-order valence-electron chi connectivity index (χ2n) is 7.47. The van der Waals surface area contributed by atoms with Gasteiger partial charge in [0.2, 0.25) is 0 Å². The molecule has 3 aliphatic rings. The molecule has 1 unspecified atom stereocenters. The fraction of sp³-hybridized carbons (Fsp3) is 0.778. The van der Waals surface area contributed by atoms with Crippen LogP contribution in [0.3, 0.4) is 0 Å². The smallest absolute Gasteiger partial charge is 0.376 e. The lowest BCUT2D eigenvalue weighted by atomic mass is 10.0. The molecular formula is C18H30O3Si. The highest BCUT2D eigenvalue weighted by Crippen LogP contribution is 2.49. The second kappa shape index (κ2) is 6.60. The molecule has 0 saturated heterocycles. The van der Waals surface area contributed by atoms with Crippen LogP contribution in [-0.2, 0) is 13.6 Å². The first kappa shape index (κ1) is 16.4. The number of ether oxygens (including phenoxy) is 1. The molecule has 1 aliphatic carbocycles. The molecule has 0 aromatic rings. The highest BCUT2D eigenvalue weighted by Gasteiger charge is 2.55. The SMILES string of the molecule is COC/C1=C/CCC(C)(C)O[Si]2(C3CCCC3)OCCC=C12. The number of hydrogen-bond donors (Lipinski definition) is 0. The van der Waals surface area contributed by atoms with Gasteiger partial charge in [-0.15, -0.1) is 0 Å². The van der Waals surface area contributed by atoms with Gasteiger partial charge < -0.3 is 13.6 Å². The van der Waals surface area contributed by atoms with Gasteiger partial charge in [0, 0.05) is 19.3 Å². The monoisotopic (exact) mass is 322 g/mol. The van der Waals surface area contributed by atoms with Gasteiger partial charge in [0.25, 0.3) is 0 Å². The molecular weight excluding hydrogens is 292 g/mol. The summed E-state index contributed by atoms with van der Waals surface area (Å²) >= 11 is 0. The molecule has 0 amide bonds. The van der Waals surface area contributed by atoms with E-state index in [1.807, 2.05) is 0 Å². The van der Waals surface area contributed by atoms with E-state index >= 15 is 0 Å². The van der Waals surface area contributed by atoms with Crippen LogP contribution in [0.4, 0.5) is 0 Å². The Hall–Kier alpha value is -0.423. The van der Waals surface area contributed by atoms with Crippen molar-refractivity contribution in [3.8, 4) is 0 Å². The summed E-state index contributed by atoms with van der Waals surface area (Å²) in [5.41, 5.74) is 1.84. The highest BCUT2D eigenvalue weighted by atomic mass is 28.4. The van der Waals surface area contributed by atoms with Gasteiger partial charge in [-0.05, 0) is 56.7 Å². The van der Waals surface area contributed by atoms with E-state index in [1.165, 1.54) is 36.5 Å². The fourth-order valence-electron chi connectivity index (χ4n) is 4.26. The Balaban J connectivity index is 2.05. The molecule has 3 rings (SSSR count). The molecule has 1 fully saturated rings. The van der Waals surface area contributed by atoms with Gasteiger partial charge in [0.1, 0.15) is 0 Å². The zero-order valence-corrected chi connectivity index (χ0v) is 15.3. The number of hydrogen-bond acceptors (Lipinski definition) is 3. The Morgan fingerprint density at radius 3 is 2.73 bits per heavy atom. The van der Waals surface area contributed by atoms with E-state index in [-0.39, 0.29) is 5.60 Å². The van der Waals surface area contributed by atoms with Gasteiger partial charge in [-0.3, -0.25) is 0 Å². The Morgan fingerprint density at radius 1 is 1.23 bits per heavy atom. The molecule has 0 radical (unpaired) electrons. The maximum Gasteiger partial charge on any atom is 0.376 e. The Labute approximate surface area is 136 Å². The minimum absolute atomic E-state index is 0.0969.